The highest BCUT2D eigenvalue weighted by atomic mass is 35.5. The van der Waals surface area contributed by atoms with E-state index in [0.717, 1.165) is 18.2 Å². The molecule has 0 aromatic heterocycles. The molecule has 2 rings (SSSR count). The molecule has 2 aromatic rings. The first kappa shape index (κ1) is 16.3. The van der Waals surface area contributed by atoms with Crippen LogP contribution in [0.1, 0.15) is 15.9 Å². The first-order valence-electron chi connectivity index (χ1n) is 6.02. The fourth-order valence-corrected chi connectivity index (χ4v) is 3.42. The number of aromatic carboxylic acids is 1. The number of carboxylic acid groups (broad SMARTS) is 1. The minimum Gasteiger partial charge on any atom is -0.478 e. The topological polar surface area (TPSA) is 83.5 Å². The molecule has 0 fully saturated rings. The molecule has 0 amide bonds. The van der Waals surface area contributed by atoms with Gasteiger partial charge in [0.05, 0.1) is 21.2 Å². The van der Waals surface area contributed by atoms with Crippen molar-refractivity contribution in [1.82, 2.24) is 0 Å². The second-order valence-electron chi connectivity index (χ2n) is 4.52. The van der Waals surface area contributed by atoms with Crippen molar-refractivity contribution in [3.05, 3.63) is 58.4 Å². The van der Waals surface area contributed by atoms with Crippen molar-refractivity contribution in [2.45, 2.75) is 11.8 Å². The molecule has 0 spiro atoms. The third-order valence-electron chi connectivity index (χ3n) is 2.90. The fourth-order valence-electron chi connectivity index (χ4n) is 1.79. The number of hydrogen-bond acceptors (Lipinski definition) is 3. The predicted molar refractivity (Wildman–Crippen MR) is 80.4 cm³/mol. The van der Waals surface area contributed by atoms with E-state index in [2.05, 4.69) is 4.72 Å². The summed E-state index contributed by atoms with van der Waals surface area (Å²) in [4.78, 5) is 10.8. The highest BCUT2D eigenvalue weighted by Crippen LogP contribution is 2.26. The number of nitrogens with one attached hydrogen (secondary N) is 1. The molecule has 22 heavy (non-hydrogen) atoms. The molecule has 0 heterocycles. The van der Waals surface area contributed by atoms with Crippen molar-refractivity contribution >= 4 is 33.3 Å². The van der Waals surface area contributed by atoms with Crippen LogP contribution in [0.25, 0.3) is 0 Å². The van der Waals surface area contributed by atoms with Gasteiger partial charge in [-0.3, -0.25) is 4.72 Å². The van der Waals surface area contributed by atoms with E-state index in [1.165, 1.54) is 25.1 Å². The van der Waals surface area contributed by atoms with Gasteiger partial charge in [-0.15, -0.1) is 0 Å². The van der Waals surface area contributed by atoms with Gasteiger partial charge in [-0.05, 0) is 42.8 Å². The van der Waals surface area contributed by atoms with Crippen LogP contribution in [0, 0.1) is 12.7 Å². The van der Waals surface area contributed by atoms with Gasteiger partial charge in [-0.1, -0.05) is 17.7 Å². The Morgan fingerprint density at radius 3 is 2.50 bits per heavy atom. The molecule has 0 aliphatic carbocycles. The molecule has 5 nitrogen and oxygen atoms in total. The van der Waals surface area contributed by atoms with Crippen molar-refractivity contribution in [1.29, 1.82) is 0 Å². The summed E-state index contributed by atoms with van der Waals surface area (Å²) in [6.45, 7) is 1.53. The fraction of sp³-hybridized carbons (Fsp3) is 0.0714. The minimum atomic E-state index is -4.06. The zero-order valence-electron chi connectivity index (χ0n) is 11.3. The maximum absolute atomic E-state index is 13.0. The van der Waals surface area contributed by atoms with Gasteiger partial charge >= 0.3 is 5.97 Å². The summed E-state index contributed by atoms with van der Waals surface area (Å²) in [5.74, 6) is -1.84. The van der Waals surface area contributed by atoms with Gasteiger partial charge in [-0.25, -0.2) is 17.6 Å². The van der Waals surface area contributed by atoms with E-state index in [1.54, 1.807) is 0 Å². The van der Waals surface area contributed by atoms with Crippen LogP contribution in [0.5, 0.6) is 0 Å². The molecule has 0 radical (unpaired) electrons. The highest BCUT2D eigenvalue weighted by molar-refractivity contribution is 7.92. The van der Waals surface area contributed by atoms with E-state index in [4.69, 9.17) is 16.7 Å². The molecule has 8 heteroatoms. The molecular formula is C14H11ClFNO4S. The second-order valence-corrected chi connectivity index (χ2v) is 6.57. The van der Waals surface area contributed by atoms with Crippen molar-refractivity contribution in [3.63, 3.8) is 0 Å². The van der Waals surface area contributed by atoms with Crippen LogP contribution in [0.15, 0.2) is 41.3 Å². The van der Waals surface area contributed by atoms with Gasteiger partial charge in [0.15, 0.2) is 0 Å². The number of sulfonamides is 1. The number of rotatable bonds is 4. The van der Waals surface area contributed by atoms with Crippen LogP contribution in [-0.2, 0) is 10.0 Å². The standard InChI is InChI=1S/C14H11ClFNO4S/c1-8-2-3-9(14(18)19)6-13(8)22(20,21)17-12-5-4-10(16)7-11(12)15/h2-7,17H,1H3,(H,18,19). The molecule has 0 aliphatic rings. The molecule has 0 aliphatic heterocycles. The van der Waals surface area contributed by atoms with Gasteiger partial charge in [0.1, 0.15) is 5.82 Å². The van der Waals surface area contributed by atoms with Crippen molar-refractivity contribution < 1.29 is 22.7 Å². The number of hydrogen-bond donors (Lipinski definition) is 2. The molecule has 0 unspecified atom stereocenters. The predicted octanol–water partition coefficient (Wildman–Crippen LogP) is 3.29. The van der Waals surface area contributed by atoms with E-state index >= 15 is 0 Å². The van der Waals surface area contributed by atoms with Gasteiger partial charge in [-0.2, -0.15) is 0 Å². The summed E-state index contributed by atoms with van der Waals surface area (Å²) in [5, 5.41) is 8.85. The zero-order valence-corrected chi connectivity index (χ0v) is 12.9. The van der Waals surface area contributed by atoms with Crippen LogP contribution in [0.2, 0.25) is 5.02 Å². The number of carbonyl (C=O) groups is 1. The zero-order chi connectivity index (χ0) is 16.5. The molecule has 116 valence electrons. The van der Waals surface area contributed by atoms with Crippen LogP contribution >= 0.6 is 11.6 Å². The second kappa shape index (κ2) is 5.94. The molecular weight excluding hydrogens is 333 g/mol. The average molecular weight is 344 g/mol. The Bertz CT molecular complexity index is 852. The summed E-state index contributed by atoms with van der Waals surface area (Å²) in [5.41, 5.74) is 0.218. The SMILES string of the molecule is Cc1ccc(C(=O)O)cc1S(=O)(=O)Nc1ccc(F)cc1Cl. The number of anilines is 1. The van der Waals surface area contributed by atoms with E-state index in [9.17, 15) is 17.6 Å². The number of halogens is 2. The largest absolute Gasteiger partial charge is 0.478 e. The summed E-state index contributed by atoms with van der Waals surface area (Å²) in [6, 6.07) is 6.97. The van der Waals surface area contributed by atoms with Crippen LogP contribution in [0.4, 0.5) is 10.1 Å². The van der Waals surface area contributed by atoms with Gasteiger partial charge in [0.25, 0.3) is 10.0 Å². The molecule has 2 aromatic carbocycles. The first-order chi connectivity index (χ1) is 10.2. The van der Waals surface area contributed by atoms with Crippen LogP contribution in [0.3, 0.4) is 0 Å². The molecule has 0 bridgehead atoms. The van der Waals surface area contributed by atoms with Crippen molar-refractivity contribution in [2.75, 3.05) is 4.72 Å². The number of aryl methyl sites for hydroxylation is 1. The van der Waals surface area contributed by atoms with Crippen LogP contribution < -0.4 is 4.72 Å². The Morgan fingerprint density at radius 1 is 1.23 bits per heavy atom. The lowest BCUT2D eigenvalue weighted by Gasteiger charge is -2.12. The minimum absolute atomic E-state index is 0.00296. The lowest BCUT2D eigenvalue weighted by Crippen LogP contribution is -2.15. The molecule has 0 saturated carbocycles. The quantitative estimate of drug-likeness (QED) is 0.892. The lowest BCUT2D eigenvalue weighted by molar-refractivity contribution is 0.0696. The third-order valence-corrected chi connectivity index (χ3v) is 4.72. The molecule has 0 atom stereocenters. The summed E-state index contributed by atoms with van der Waals surface area (Å²) in [6.07, 6.45) is 0. The molecule has 2 N–H and O–H groups in total. The van der Waals surface area contributed by atoms with Gasteiger partial charge in [0, 0.05) is 0 Å². The van der Waals surface area contributed by atoms with E-state index in [0.29, 0.717) is 5.56 Å². The Kier molecular flexibility index (Phi) is 4.39. The Balaban J connectivity index is 2.46. The normalized spacial score (nSPS) is 11.2. The maximum Gasteiger partial charge on any atom is 0.335 e. The lowest BCUT2D eigenvalue weighted by atomic mass is 10.1. The van der Waals surface area contributed by atoms with E-state index in [1.807, 2.05) is 0 Å². The number of benzene rings is 2. The summed E-state index contributed by atoms with van der Waals surface area (Å²) >= 11 is 5.78. The average Bonchev–Trinajstić information content (AvgIpc) is 2.42. The smallest absolute Gasteiger partial charge is 0.335 e. The Labute approximate surface area is 131 Å². The number of carboxylic acids is 1. The maximum atomic E-state index is 13.0. The van der Waals surface area contributed by atoms with E-state index < -0.39 is 21.8 Å². The van der Waals surface area contributed by atoms with Gasteiger partial charge in [0.2, 0.25) is 0 Å². The van der Waals surface area contributed by atoms with Crippen LogP contribution in [-0.4, -0.2) is 19.5 Å². The monoisotopic (exact) mass is 343 g/mol. The highest BCUT2D eigenvalue weighted by Gasteiger charge is 2.20. The summed E-state index contributed by atoms with van der Waals surface area (Å²) < 4.78 is 40.0. The Morgan fingerprint density at radius 2 is 1.91 bits per heavy atom. The van der Waals surface area contributed by atoms with Gasteiger partial charge < -0.3 is 5.11 Å². The third kappa shape index (κ3) is 3.37. The van der Waals surface area contributed by atoms with Crippen molar-refractivity contribution in [3.8, 4) is 0 Å². The molecule has 0 saturated heterocycles. The van der Waals surface area contributed by atoms with Crippen molar-refractivity contribution in [2.24, 2.45) is 0 Å². The first-order valence-corrected chi connectivity index (χ1v) is 7.88. The summed E-state index contributed by atoms with van der Waals surface area (Å²) in [7, 11) is -4.06. The Hall–Kier alpha value is -2.12. The van der Waals surface area contributed by atoms with E-state index in [-0.39, 0.29) is 21.2 Å².